The number of amides is 2. The van der Waals surface area contributed by atoms with Gasteiger partial charge in [0.2, 0.25) is 15.9 Å². The number of sulfonamides is 1. The number of pyridine rings is 1. The van der Waals surface area contributed by atoms with Crippen LogP contribution in [0, 0.1) is 20.8 Å². The molecule has 246 valence electrons. The lowest BCUT2D eigenvalue weighted by atomic mass is 10.1. The second-order valence-electron chi connectivity index (χ2n) is 11.2. The van der Waals surface area contributed by atoms with Gasteiger partial charge < -0.3 is 30.1 Å². The predicted molar refractivity (Wildman–Crippen MR) is 170 cm³/mol. The Morgan fingerprint density at radius 1 is 1.04 bits per heavy atom. The van der Waals surface area contributed by atoms with Crippen molar-refractivity contribution in [2.24, 2.45) is 0 Å². The molecule has 2 amide bonds. The van der Waals surface area contributed by atoms with E-state index in [1.54, 1.807) is 49.2 Å². The number of aliphatic carboxylic acids is 1. The Bertz CT molecular complexity index is 1600. The molecule has 0 saturated carbocycles. The molecule has 0 aliphatic carbocycles. The maximum Gasteiger partial charge on any atom is 0.410 e. The van der Waals surface area contributed by atoms with Gasteiger partial charge in [-0.2, -0.15) is 4.72 Å². The molecule has 4 N–H and O–H groups in total. The summed E-state index contributed by atoms with van der Waals surface area (Å²) < 4.78 is 39.7. The first-order valence-electron chi connectivity index (χ1n) is 14.8. The van der Waals surface area contributed by atoms with E-state index in [1.807, 2.05) is 43.3 Å². The van der Waals surface area contributed by atoms with Crippen molar-refractivity contribution in [3.8, 4) is 0 Å². The molecule has 1 saturated heterocycles. The lowest BCUT2D eigenvalue weighted by Gasteiger charge is -2.24. The van der Waals surface area contributed by atoms with Crippen molar-refractivity contribution in [1.82, 2.24) is 19.9 Å². The average Bonchev–Trinajstić information content (AvgIpc) is 3.43. The van der Waals surface area contributed by atoms with Gasteiger partial charge in [-0.05, 0) is 56.0 Å². The van der Waals surface area contributed by atoms with Crippen LogP contribution in [0.5, 0.6) is 0 Å². The van der Waals surface area contributed by atoms with Crippen LogP contribution >= 0.6 is 0 Å². The Kier molecular flexibility index (Phi) is 11.7. The van der Waals surface area contributed by atoms with Crippen LogP contribution in [0.15, 0.2) is 71.8 Å². The van der Waals surface area contributed by atoms with Crippen LogP contribution in [0.25, 0.3) is 0 Å². The summed E-state index contributed by atoms with van der Waals surface area (Å²) in [6, 6.07) is 16.2. The lowest BCUT2D eigenvalue weighted by Crippen LogP contribution is -2.49. The van der Waals surface area contributed by atoms with Gasteiger partial charge in [0.25, 0.3) is 0 Å². The first-order chi connectivity index (χ1) is 21.9. The average molecular weight is 654 g/mol. The van der Waals surface area contributed by atoms with E-state index in [4.69, 9.17) is 9.47 Å². The standard InChI is InChI=1S/C32H39N5O8S/c1-21-13-22(2)30(23(3)14-21)46(42,43)36-27(31(39)40)17-35-29(38)20-44-26-15-25(16-34-28-11-7-8-12-33-28)37(18-26)32(41)45-19-24-9-5-4-6-10-24/h4-14,25-27,36H,15-20H2,1-3H3,(H,33,34)(H,35,38)(H,39,40)/t25-,26+,27+/m0/s1. The van der Waals surface area contributed by atoms with E-state index in [0.717, 1.165) is 11.1 Å². The molecule has 0 radical (unpaired) electrons. The van der Waals surface area contributed by atoms with Crippen LogP contribution in [-0.2, 0) is 35.7 Å². The molecule has 13 nitrogen and oxygen atoms in total. The first kappa shape index (κ1) is 34.3. The zero-order chi connectivity index (χ0) is 33.3. The molecule has 0 bridgehead atoms. The lowest BCUT2D eigenvalue weighted by molar-refractivity contribution is -0.139. The van der Waals surface area contributed by atoms with Crippen LogP contribution in [0.2, 0.25) is 0 Å². The normalized spacial score (nSPS) is 16.9. The van der Waals surface area contributed by atoms with Crippen molar-refractivity contribution in [3.05, 3.63) is 89.1 Å². The molecule has 2 aromatic carbocycles. The molecule has 0 unspecified atom stereocenters. The monoisotopic (exact) mass is 653 g/mol. The van der Waals surface area contributed by atoms with E-state index >= 15 is 0 Å². The SMILES string of the molecule is Cc1cc(C)c(S(=O)(=O)N[C@H](CNC(=O)CO[C@@H]2C[C@@H](CNc3ccccn3)N(C(=O)OCc3ccccc3)C2)C(=O)O)c(C)c1. The summed E-state index contributed by atoms with van der Waals surface area (Å²) in [6.07, 6.45) is 1.02. The van der Waals surface area contributed by atoms with E-state index < -0.39 is 53.3 Å². The number of hydrogen-bond donors (Lipinski definition) is 4. The van der Waals surface area contributed by atoms with Crippen LogP contribution in [0.4, 0.5) is 10.6 Å². The van der Waals surface area contributed by atoms with Gasteiger partial charge in [0.1, 0.15) is 25.1 Å². The summed E-state index contributed by atoms with van der Waals surface area (Å²) in [5.74, 6) is -1.45. The highest BCUT2D eigenvalue weighted by Gasteiger charge is 2.37. The number of anilines is 1. The number of hydrogen-bond acceptors (Lipinski definition) is 9. The number of rotatable bonds is 14. The molecule has 3 aromatic rings. The van der Waals surface area contributed by atoms with Gasteiger partial charge in [-0.15, -0.1) is 0 Å². The Balaban J connectivity index is 1.32. The number of carbonyl (C=O) groups excluding carboxylic acids is 2. The quantitative estimate of drug-likeness (QED) is 0.202. The smallest absolute Gasteiger partial charge is 0.410 e. The number of benzene rings is 2. The van der Waals surface area contributed by atoms with Crippen molar-refractivity contribution < 1.29 is 37.4 Å². The summed E-state index contributed by atoms with van der Waals surface area (Å²) in [5.41, 5.74) is 2.68. The highest BCUT2D eigenvalue weighted by atomic mass is 32.2. The molecular formula is C32H39N5O8S. The van der Waals surface area contributed by atoms with Crippen molar-refractivity contribution in [2.45, 2.75) is 56.9 Å². The van der Waals surface area contributed by atoms with Gasteiger partial charge in [0.05, 0.1) is 23.6 Å². The zero-order valence-electron chi connectivity index (χ0n) is 25.9. The molecule has 4 rings (SSSR count). The molecule has 1 fully saturated rings. The molecule has 1 aromatic heterocycles. The number of carbonyl (C=O) groups is 3. The van der Waals surface area contributed by atoms with Gasteiger partial charge in [-0.1, -0.05) is 54.1 Å². The minimum absolute atomic E-state index is 0.000757. The fraction of sp³-hybridized carbons (Fsp3) is 0.375. The summed E-state index contributed by atoms with van der Waals surface area (Å²) in [7, 11) is -4.20. The second kappa shape index (κ2) is 15.7. The summed E-state index contributed by atoms with van der Waals surface area (Å²) in [4.78, 5) is 43.4. The molecule has 2 heterocycles. The highest BCUT2D eigenvalue weighted by Crippen LogP contribution is 2.23. The number of likely N-dealkylation sites (tertiary alicyclic amines) is 1. The van der Waals surface area contributed by atoms with Gasteiger partial charge >= 0.3 is 12.1 Å². The van der Waals surface area contributed by atoms with E-state index in [0.29, 0.717) is 29.9 Å². The Morgan fingerprint density at radius 3 is 2.39 bits per heavy atom. The topological polar surface area (TPSA) is 176 Å². The number of nitrogens with one attached hydrogen (secondary N) is 3. The first-order valence-corrected chi connectivity index (χ1v) is 16.2. The third kappa shape index (κ3) is 9.49. The van der Waals surface area contributed by atoms with Crippen molar-refractivity contribution in [1.29, 1.82) is 0 Å². The zero-order valence-corrected chi connectivity index (χ0v) is 26.7. The minimum atomic E-state index is -4.20. The van der Waals surface area contributed by atoms with Crippen molar-refractivity contribution in [3.63, 3.8) is 0 Å². The number of carboxylic acid groups (broad SMARTS) is 1. The number of ether oxygens (including phenoxy) is 2. The Morgan fingerprint density at radius 2 is 1.74 bits per heavy atom. The van der Waals surface area contributed by atoms with Crippen LogP contribution in [0.3, 0.4) is 0 Å². The Hall–Kier alpha value is -4.53. The number of aromatic nitrogens is 1. The Labute approximate surface area is 268 Å². The van der Waals surface area contributed by atoms with Gasteiger partial charge in [-0.3, -0.25) is 9.59 Å². The van der Waals surface area contributed by atoms with Crippen LogP contribution < -0.4 is 15.4 Å². The summed E-state index contributed by atoms with van der Waals surface area (Å²) >= 11 is 0. The molecule has 1 aliphatic rings. The number of carboxylic acids is 1. The predicted octanol–water partition coefficient (Wildman–Crippen LogP) is 2.76. The third-order valence-corrected chi connectivity index (χ3v) is 9.20. The number of nitrogens with zero attached hydrogens (tertiary/aromatic N) is 2. The van der Waals surface area contributed by atoms with Crippen LogP contribution in [-0.4, -0.2) is 85.8 Å². The fourth-order valence-corrected chi connectivity index (χ4v) is 7.02. The molecule has 14 heteroatoms. The van der Waals surface area contributed by atoms with Gasteiger partial charge in [-0.25, -0.2) is 18.2 Å². The van der Waals surface area contributed by atoms with Crippen molar-refractivity contribution >= 4 is 33.8 Å². The number of aryl methyl sites for hydroxylation is 3. The van der Waals surface area contributed by atoms with Crippen molar-refractivity contribution in [2.75, 3.05) is 31.6 Å². The maximum atomic E-state index is 13.1. The van der Waals surface area contributed by atoms with E-state index in [2.05, 4.69) is 20.3 Å². The van der Waals surface area contributed by atoms with E-state index in [9.17, 15) is 27.9 Å². The third-order valence-electron chi connectivity index (χ3n) is 7.42. The second-order valence-corrected chi connectivity index (χ2v) is 12.8. The summed E-state index contributed by atoms with van der Waals surface area (Å²) in [5, 5.41) is 15.3. The van der Waals surface area contributed by atoms with Crippen LogP contribution in [0.1, 0.15) is 28.7 Å². The molecule has 0 spiro atoms. The van der Waals surface area contributed by atoms with E-state index in [1.165, 1.54) is 0 Å². The highest BCUT2D eigenvalue weighted by molar-refractivity contribution is 7.89. The summed E-state index contributed by atoms with van der Waals surface area (Å²) in [6.45, 7) is 4.81. The molecule has 46 heavy (non-hydrogen) atoms. The van der Waals surface area contributed by atoms with Gasteiger partial charge in [0.15, 0.2) is 0 Å². The maximum absolute atomic E-state index is 13.1. The fourth-order valence-electron chi connectivity index (χ4n) is 5.38. The molecular weight excluding hydrogens is 614 g/mol. The van der Waals surface area contributed by atoms with E-state index in [-0.39, 0.29) is 24.1 Å². The minimum Gasteiger partial charge on any atom is -0.480 e. The molecule has 1 aliphatic heterocycles. The molecule has 3 atom stereocenters. The van der Waals surface area contributed by atoms with Gasteiger partial charge in [0, 0.05) is 19.3 Å². The largest absolute Gasteiger partial charge is 0.480 e.